The maximum absolute atomic E-state index is 12.1. The number of rotatable bonds is 2. The second kappa shape index (κ2) is 6.03. The van der Waals surface area contributed by atoms with Crippen LogP contribution in [-0.2, 0) is 0 Å². The van der Waals surface area contributed by atoms with Crippen LogP contribution in [0.1, 0.15) is 15.9 Å². The zero-order chi connectivity index (χ0) is 14.0. The first-order chi connectivity index (χ1) is 8.97. The third-order valence-electron chi connectivity index (χ3n) is 2.41. The minimum atomic E-state index is -0.241. The molecule has 0 radical (unpaired) electrons. The number of nitrogens with zero attached hydrogens (tertiary/aromatic N) is 1. The molecule has 0 aliphatic carbocycles. The molecule has 0 spiro atoms. The molecule has 1 aromatic carbocycles. The van der Waals surface area contributed by atoms with Gasteiger partial charge in [0, 0.05) is 20.7 Å². The van der Waals surface area contributed by atoms with E-state index in [4.69, 9.17) is 11.6 Å². The number of nitrogens with one attached hydrogen (secondary N) is 1. The average molecular weight is 404 g/mol. The van der Waals surface area contributed by atoms with Crippen LogP contribution in [0.2, 0.25) is 5.15 Å². The van der Waals surface area contributed by atoms with E-state index >= 15 is 0 Å². The molecule has 19 heavy (non-hydrogen) atoms. The maximum atomic E-state index is 12.1. The number of hydrogen-bond donors (Lipinski definition) is 1. The molecule has 0 fully saturated rings. The number of aromatic nitrogens is 1. The molecule has 0 aliphatic heterocycles. The molecule has 1 heterocycles. The monoisotopic (exact) mass is 402 g/mol. The number of hydrogen-bond acceptors (Lipinski definition) is 2. The first-order valence-corrected chi connectivity index (χ1v) is 7.32. The summed E-state index contributed by atoms with van der Waals surface area (Å²) < 4.78 is 1.63. The van der Waals surface area contributed by atoms with Crippen molar-refractivity contribution in [2.24, 2.45) is 0 Å². The minimum absolute atomic E-state index is 0.241. The van der Waals surface area contributed by atoms with E-state index in [1.54, 1.807) is 6.07 Å². The molecule has 3 nitrogen and oxygen atoms in total. The smallest absolute Gasteiger partial charge is 0.255 e. The summed E-state index contributed by atoms with van der Waals surface area (Å²) in [5, 5.41) is 3.12. The molecule has 0 atom stereocenters. The number of carbonyl (C=O) groups is 1. The van der Waals surface area contributed by atoms with Crippen molar-refractivity contribution >= 4 is 55.1 Å². The second-order valence-corrected chi connectivity index (χ2v) is 6.02. The highest BCUT2D eigenvalue weighted by Gasteiger charge is 2.12. The van der Waals surface area contributed by atoms with Gasteiger partial charge in [0.2, 0.25) is 0 Å². The van der Waals surface area contributed by atoms with Gasteiger partial charge < -0.3 is 5.32 Å². The van der Waals surface area contributed by atoms with E-state index in [9.17, 15) is 4.79 Å². The lowest BCUT2D eigenvalue weighted by atomic mass is 10.2. The van der Waals surface area contributed by atoms with E-state index in [1.165, 1.54) is 12.3 Å². The minimum Gasteiger partial charge on any atom is -0.320 e. The van der Waals surface area contributed by atoms with E-state index in [1.807, 2.05) is 19.1 Å². The Bertz CT molecular complexity index is 623. The summed E-state index contributed by atoms with van der Waals surface area (Å²) in [4.78, 5) is 16.0. The fraction of sp³-hybridized carbons (Fsp3) is 0.0769. The summed E-state index contributed by atoms with van der Waals surface area (Å²) in [6, 6.07) is 6.99. The number of pyridine rings is 1. The van der Waals surface area contributed by atoms with Crippen molar-refractivity contribution in [3.05, 3.63) is 55.7 Å². The van der Waals surface area contributed by atoms with Crippen LogP contribution in [0.15, 0.2) is 39.4 Å². The van der Waals surface area contributed by atoms with Gasteiger partial charge in [-0.15, -0.1) is 0 Å². The number of anilines is 1. The van der Waals surface area contributed by atoms with Gasteiger partial charge in [-0.3, -0.25) is 4.79 Å². The van der Waals surface area contributed by atoms with Crippen molar-refractivity contribution in [3.8, 4) is 0 Å². The first-order valence-electron chi connectivity index (χ1n) is 5.36. The average Bonchev–Trinajstić information content (AvgIpc) is 2.33. The highest BCUT2D eigenvalue weighted by atomic mass is 79.9. The topological polar surface area (TPSA) is 42.0 Å². The zero-order valence-electron chi connectivity index (χ0n) is 9.88. The lowest BCUT2D eigenvalue weighted by molar-refractivity contribution is 0.102. The van der Waals surface area contributed by atoms with Crippen molar-refractivity contribution in [2.45, 2.75) is 6.92 Å². The molecule has 0 saturated heterocycles. The van der Waals surface area contributed by atoms with E-state index in [0.717, 1.165) is 14.5 Å². The van der Waals surface area contributed by atoms with Gasteiger partial charge in [0.1, 0.15) is 5.15 Å². The van der Waals surface area contributed by atoms with E-state index in [0.29, 0.717) is 11.3 Å². The highest BCUT2D eigenvalue weighted by molar-refractivity contribution is 9.11. The Kier molecular flexibility index (Phi) is 4.60. The Morgan fingerprint density at radius 3 is 2.47 bits per heavy atom. The van der Waals surface area contributed by atoms with Crippen molar-refractivity contribution in [1.82, 2.24) is 4.98 Å². The van der Waals surface area contributed by atoms with Crippen molar-refractivity contribution in [1.29, 1.82) is 0 Å². The molecule has 2 aromatic rings. The van der Waals surface area contributed by atoms with Crippen LogP contribution in [0, 0.1) is 6.92 Å². The summed E-state index contributed by atoms with van der Waals surface area (Å²) in [6.45, 7) is 1.98. The lowest BCUT2D eigenvalue weighted by Gasteiger charge is -2.10. The van der Waals surface area contributed by atoms with Gasteiger partial charge in [-0.25, -0.2) is 4.98 Å². The quantitative estimate of drug-likeness (QED) is 0.729. The van der Waals surface area contributed by atoms with Crippen molar-refractivity contribution in [2.75, 3.05) is 5.32 Å². The van der Waals surface area contributed by atoms with Gasteiger partial charge in [-0.2, -0.15) is 0 Å². The summed E-state index contributed by atoms with van der Waals surface area (Å²) in [6.07, 6.45) is 1.50. The van der Waals surface area contributed by atoms with Gasteiger partial charge in [0.05, 0.1) is 5.69 Å². The summed E-state index contributed by atoms with van der Waals surface area (Å²) >= 11 is 12.6. The predicted molar refractivity (Wildman–Crippen MR) is 83.8 cm³/mol. The van der Waals surface area contributed by atoms with Crippen LogP contribution in [0.4, 0.5) is 5.69 Å². The molecule has 0 saturated carbocycles. The molecular formula is C13H9Br2ClN2O. The Labute approximate surface area is 132 Å². The number of halogens is 3. The molecule has 6 heteroatoms. The first kappa shape index (κ1) is 14.5. The molecule has 0 unspecified atom stereocenters. The fourth-order valence-corrected chi connectivity index (χ4v) is 3.34. The second-order valence-electron chi connectivity index (χ2n) is 3.92. The molecular weight excluding hydrogens is 395 g/mol. The van der Waals surface area contributed by atoms with Gasteiger partial charge in [0.25, 0.3) is 5.91 Å². The van der Waals surface area contributed by atoms with Crippen LogP contribution in [-0.4, -0.2) is 10.9 Å². The third kappa shape index (κ3) is 3.55. The Balaban J connectivity index is 2.29. The molecule has 1 amide bonds. The Morgan fingerprint density at radius 1 is 1.26 bits per heavy atom. The van der Waals surface area contributed by atoms with Crippen LogP contribution in [0.5, 0.6) is 0 Å². The van der Waals surface area contributed by atoms with Crippen LogP contribution >= 0.6 is 43.5 Å². The van der Waals surface area contributed by atoms with E-state index in [2.05, 4.69) is 42.2 Å². The number of amides is 1. The number of aryl methyl sites for hydroxylation is 1. The van der Waals surface area contributed by atoms with Crippen LogP contribution in [0.25, 0.3) is 0 Å². The van der Waals surface area contributed by atoms with Crippen molar-refractivity contribution < 1.29 is 4.79 Å². The Morgan fingerprint density at radius 2 is 1.89 bits per heavy atom. The highest BCUT2D eigenvalue weighted by Crippen LogP contribution is 2.32. The molecule has 2 rings (SSSR count). The molecule has 0 bridgehead atoms. The third-order valence-corrected chi connectivity index (χ3v) is 3.87. The Hall–Kier alpha value is -0.910. The van der Waals surface area contributed by atoms with Gasteiger partial charge in [-0.1, -0.05) is 11.6 Å². The van der Waals surface area contributed by atoms with Gasteiger partial charge in [-0.05, 0) is 68.6 Å². The van der Waals surface area contributed by atoms with Gasteiger partial charge >= 0.3 is 0 Å². The van der Waals surface area contributed by atoms with E-state index < -0.39 is 0 Å². The maximum Gasteiger partial charge on any atom is 0.255 e. The van der Waals surface area contributed by atoms with Crippen molar-refractivity contribution in [3.63, 3.8) is 0 Å². The van der Waals surface area contributed by atoms with E-state index in [-0.39, 0.29) is 11.1 Å². The standard InChI is InChI=1S/C13H9Br2ClN2O/c1-7-4-9(14)12(10(15)5-7)18-13(19)8-2-3-17-11(16)6-8/h2-6H,1H3,(H,18,19). The predicted octanol–water partition coefficient (Wildman–Crippen LogP) is 4.82. The van der Waals surface area contributed by atoms with Crippen LogP contribution < -0.4 is 5.32 Å². The molecule has 98 valence electrons. The fourth-order valence-electron chi connectivity index (χ4n) is 1.55. The van der Waals surface area contributed by atoms with Gasteiger partial charge in [0.15, 0.2) is 0 Å². The molecule has 1 aromatic heterocycles. The lowest BCUT2D eigenvalue weighted by Crippen LogP contribution is -2.13. The summed E-state index contributed by atoms with van der Waals surface area (Å²) in [5.74, 6) is -0.241. The largest absolute Gasteiger partial charge is 0.320 e. The van der Waals surface area contributed by atoms with Crippen LogP contribution in [0.3, 0.4) is 0 Å². The summed E-state index contributed by atoms with van der Waals surface area (Å²) in [7, 11) is 0. The molecule has 1 N–H and O–H groups in total. The zero-order valence-corrected chi connectivity index (χ0v) is 13.8. The number of benzene rings is 1. The number of carbonyl (C=O) groups excluding carboxylic acids is 1. The summed E-state index contributed by atoms with van der Waals surface area (Å²) in [5.41, 5.74) is 2.23. The molecule has 0 aliphatic rings. The normalized spacial score (nSPS) is 10.3. The SMILES string of the molecule is Cc1cc(Br)c(NC(=O)c2ccnc(Cl)c2)c(Br)c1.